The van der Waals surface area contributed by atoms with Crippen LogP contribution in [0, 0.1) is 5.92 Å². The number of aromatic amines is 2. The Morgan fingerprint density at radius 2 is 1.41 bits per heavy atom. The van der Waals surface area contributed by atoms with E-state index >= 15 is 0 Å². The lowest BCUT2D eigenvalue weighted by Crippen LogP contribution is -2.51. The molecule has 0 bridgehead atoms. The average Bonchev–Trinajstić information content (AvgIpc) is 4.02. The van der Waals surface area contributed by atoms with Gasteiger partial charge in [-0.05, 0) is 79.1 Å². The van der Waals surface area contributed by atoms with Crippen LogP contribution in [0.5, 0.6) is 0 Å². The van der Waals surface area contributed by atoms with Crippen molar-refractivity contribution in [3.63, 3.8) is 0 Å². The van der Waals surface area contributed by atoms with E-state index in [0.29, 0.717) is 18.1 Å². The molecule has 4 heterocycles. The molecular formula is C43H49F2N7O6. The van der Waals surface area contributed by atoms with Crippen LogP contribution in [0.25, 0.3) is 44.4 Å². The Bertz CT molecular complexity index is 2270. The number of ether oxygens (including phenoxy) is 3. The van der Waals surface area contributed by atoms with Gasteiger partial charge in [0.1, 0.15) is 23.3 Å². The Balaban J connectivity index is 1.05. The number of nitrogens with zero attached hydrogens (tertiary/aromatic N) is 4. The average molecular weight is 798 g/mol. The van der Waals surface area contributed by atoms with Gasteiger partial charge in [-0.3, -0.25) is 9.69 Å². The van der Waals surface area contributed by atoms with Crippen molar-refractivity contribution in [2.24, 2.45) is 5.92 Å². The van der Waals surface area contributed by atoms with E-state index in [4.69, 9.17) is 14.2 Å². The number of carbonyl (C=O) groups is 3. The predicted octanol–water partition coefficient (Wildman–Crippen LogP) is 8.62. The molecule has 2 saturated heterocycles. The van der Waals surface area contributed by atoms with Crippen molar-refractivity contribution >= 4 is 28.9 Å². The number of hydrogen-bond acceptors (Lipinski definition) is 8. The number of aromatic nitrogens is 4. The standard InChI is InChI=1S/C43H49F2N7O6/c1-24(2)36(50-41(54)56-6)39(53)52-23-31(57-40(44)45)20-35(52)38-47-21-32(48-38)26-11-9-25(10-12-26)27-13-14-29-19-30(16-15-28(29)18-27)33-22-46-37(49-33)34-8-7-17-51(34)42(55)58-43(3,4)5/h9-16,18-19,21-22,24,31,34-36,40H,7-8,17,20,23H2,1-6H3,(H,46,49)(H,47,48)(H,50,54)/t31-,34-,35-,36?/m0/s1. The quantitative estimate of drug-likeness (QED) is 0.127. The minimum Gasteiger partial charge on any atom is -0.453 e. The summed E-state index contributed by atoms with van der Waals surface area (Å²) >= 11 is 0. The summed E-state index contributed by atoms with van der Waals surface area (Å²) < 4.78 is 41.7. The van der Waals surface area contributed by atoms with E-state index < -0.39 is 42.4 Å². The van der Waals surface area contributed by atoms with Gasteiger partial charge >= 0.3 is 18.8 Å². The first-order chi connectivity index (χ1) is 27.7. The van der Waals surface area contributed by atoms with Crippen molar-refractivity contribution in [1.82, 2.24) is 35.1 Å². The van der Waals surface area contributed by atoms with E-state index in [1.807, 2.05) is 51.2 Å². The number of amides is 3. The number of imidazole rings is 2. The number of rotatable bonds is 10. The minimum atomic E-state index is -3.00. The molecular weight excluding hydrogens is 749 g/mol. The lowest BCUT2D eigenvalue weighted by atomic mass is 9.98. The lowest BCUT2D eigenvalue weighted by Gasteiger charge is -2.29. The van der Waals surface area contributed by atoms with Gasteiger partial charge in [0, 0.05) is 25.1 Å². The van der Waals surface area contributed by atoms with Crippen molar-refractivity contribution in [2.75, 3.05) is 20.2 Å². The summed E-state index contributed by atoms with van der Waals surface area (Å²) in [6.07, 6.45) is 3.27. The first-order valence-corrected chi connectivity index (χ1v) is 19.5. The second kappa shape index (κ2) is 16.6. The molecule has 1 unspecified atom stereocenters. The molecule has 7 rings (SSSR count). The van der Waals surface area contributed by atoms with Crippen LogP contribution < -0.4 is 5.32 Å². The number of fused-ring (bicyclic) bond motifs is 1. The normalized spacial score (nSPS) is 19.0. The Morgan fingerprint density at radius 3 is 2.03 bits per heavy atom. The number of alkyl carbamates (subject to hydrolysis) is 1. The molecule has 2 aromatic heterocycles. The third-order valence-electron chi connectivity index (χ3n) is 10.6. The third-order valence-corrected chi connectivity index (χ3v) is 10.6. The predicted molar refractivity (Wildman–Crippen MR) is 214 cm³/mol. The van der Waals surface area contributed by atoms with Gasteiger partial charge < -0.3 is 34.4 Å². The molecule has 0 aliphatic carbocycles. The van der Waals surface area contributed by atoms with Crippen LogP contribution in [0.4, 0.5) is 18.4 Å². The fraction of sp³-hybridized carbons (Fsp3) is 0.419. The first kappa shape index (κ1) is 40.4. The number of H-pyrrole nitrogens is 2. The van der Waals surface area contributed by atoms with Gasteiger partial charge in [-0.1, -0.05) is 62.4 Å². The Hall–Kier alpha value is -5.83. The van der Waals surface area contributed by atoms with Gasteiger partial charge in [-0.2, -0.15) is 8.78 Å². The van der Waals surface area contributed by atoms with Gasteiger partial charge in [-0.25, -0.2) is 19.6 Å². The van der Waals surface area contributed by atoms with E-state index in [1.54, 1.807) is 24.9 Å². The second-order valence-corrected chi connectivity index (χ2v) is 16.2. The highest BCUT2D eigenvalue weighted by Crippen LogP contribution is 2.37. The maximum atomic E-state index is 13.7. The van der Waals surface area contributed by atoms with Gasteiger partial charge in [0.05, 0.1) is 49.1 Å². The van der Waals surface area contributed by atoms with Crippen LogP contribution in [0.15, 0.2) is 73.1 Å². The molecule has 3 amide bonds. The smallest absolute Gasteiger partial charge is 0.410 e. The van der Waals surface area contributed by atoms with Crippen molar-refractivity contribution < 1.29 is 37.4 Å². The molecule has 0 saturated carbocycles. The van der Waals surface area contributed by atoms with Crippen LogP contribution in [0.2, 0.25) is 0 Å². The number of alkyl halides is 2. The molecule has 2 fully saturated rings. The van der Waals surface area contributed by atoms with E-state index in [1.165, 1.54) is 12.0 Å². The second-order valence-electron chi connectivity index (χ2n) is 16.2. The van der Waals surface area contributed by atoms with E-state index in [0.717, 1.165) is 57.4 Å². The summed E-state index contributed by atoms with van der Waals surface area (Å²) in [6, 6.07) is 18.8. The molecule has 58 heavy (non-hydrogen) atoms. The summed E-state index contributed by atoms with van der Waals surface area (Å²) in [5, 5.41) is 4.71. The number of hydrogen-bond donors (Lipinski definition) is 3. The molecule has 2 aliphatic rings. The zero-order valence-electron chi connectivity index (χ0n) is 33.4. The Morgan fingerprint density at radius 1 is 0.828 bits per heavy atom. The maximum absolute atomic E-state index is 13.7. The van der Waals surface area contributed by atoms with Crippen LogP contribution in [0.1, 0.15) is 77.6 Å². The van der Waals surface area contributed by atoms with Crippen LogP contribution >= 0.6 is 0 Å². The monoisotopic (exact) mass is 797 g/mol. The van der Waals surface area contributed by atoms with E-state index in [2.05, 4.69) is 61.7 Å². The fourth-order valence-electron chi connectivity index (χ4n) is 7.75. The molecule has 4 atom stereocenters. The van der Waals surface area contributed by atoms with E-state index in [9.17, 15) is 23.2 Å². The molecule has 2 aliphatic heterocycles. The van der Waals surface area contributed by atoms with Gasteiger partial charge in [-0.15, -0.1) is 0 Å². The number of likely N-dealkylation sites (tertiary alicyclic amines) is 2. The molecule has 306 valence electrons. The number of carbonyl (C=O) groups excluding carboxylic acids is 3. The van der Waals surface area contributed by atoms with Gasteiger partial charge in [0.25, 0.3) is 0 Å². The fourth-order valence-corrected chi connectivity index (χ4v) is 7.75. The highest BCUT2D eigenvalue weighted by atomic mass is 19.3. The third kappa shape index (κ3) is 8.84. The molecule has 13 nitrogen and oxygen atoms in total. The first-order valence-electron chi connectivity index (χ1n) is 19.5. The summed E-state index contributed by atoms with van der Waals surface area (Å²) in [5.41, 5.74) is 4.88. The maximum Gasteiger partial charge on any atom is 0.410 e. The minimum absolute atomic E-state index is 0.0849. The van der Waals surface area contributed by atoms with Crippen molar-refractivity contribution in [3.8, 4) is 33.6 Å². The summed E-state index contributed by atoms with van der Waals surface area (Å²) in [6.45, 7) is 6.70. The van der Waals surface area contributed by atoms with Crippen molar-refractivity contribution in [2.45, 2.75) is 90.3 Å². The van der Waals surface area contributed by atoms with Crippen molar-refractivity contribution in [3.05, 3.63) is 84.7 Å². The number of nitrogens with one attached hydrogen (secondary N) is 3. The highest BCUT2D eigenvalue weighted by molar-refractivity contribution is 5.91. The Kier molecular flexibility index (Phi) is 11.5. The SMILES string of the molecule is COC(=O)NC(C(=O)N1C[C@@H](OC(F)F)C[C@H]1c1ncc(-c2ccc(-c3ccc4cc(-c5cnc([C@@H]6CCCN6C(=O)OC(C)(C)C)[nH]5)ccc4c3)cc2)[nH]1)C(C)C. The topological polar surface area (TPSA) is 155 Å². The highest BCUT2D eigenvalue weighted by Gasteiger charge is 2.43. The largest absolute Gasteiger partial charge is 0.453 e. The van der Waals surface area contributed by atoms with Crippen LogP contribution in [-0.4, -0.2) is 92.4 Å². The number of benzene rings is 3. The van der Waals surface area contributed by atoms with E-state index in [-0.39, 0.29) is 31.0 Å². The van der Waals surface area contributed by atoms with Gasteiger partial charge in [0.2, 0.25) is 5.91 Å². The summed E-state index contributed by atoms with van der Waals surface area (Å²) in [5.74, 6) is 0.432. The molecule has 5 aromatic rings. The van der Waals surface area contributed by atoms with Crippen LogP contribution in [-0.2, 0) is 19.0 Å². The molecule has 0 radical (unpaired) electrons. The number of methoxy groups -OCH3 is 1. The zero-order valence-corrected chi connectivity index (χ0v) is 33.4. The molecule has 0 spiro atoms. The summed E-state index contributed by atoms with van der Waals surface area (Å²) in [7, 11) is 1.20. The van der Waals surface area contributed by atoms with Crippen LogP contribution in [0.3, 0.4) is 0 Å². The molecule has 3 N–H and O–H groups in total. The molecule has 15 heteroatoms. The lowest BCUT2D eigenvalue weighted by molar-refractivity contribution is -0.160. The Labute approximate surface area is 335 Å². The number of halogens is 2. The molecule has 3 aromatic carbocycles. The zero-order chi connectivity index (χ0) is 41.3. The summed E-state index contributed by atoms with van der Waals surface area (Å²) in [4.78, 5) is 57.8. The van der Waals surface area contributed by atoms with Gasteiger partial charge in [0.15, 0.2) is 0 Å². The van der Waals surface area contributed by atoms with Crippen molar-refractivity contribution in [1.29, 1.82) is 0 Å².